The smallest absolute Gasteiger partial charge is 0.129 e. The third-order valence-electron chi connectivity index (χ3n) is 4.39. The van der Waals surface area contributed by atoms with Crippen molar-refractivity contribution in [2.75, 3.05) is 31.1 Å². The van der Waals surface area contributed by atoms with E-state index in [1.165, 1.54) is 6.07 Å². The van der Waals surface area contributed by atoms with Crippen LogP contribution in [0.1, 0.15) is 17.5 Å². The summed E-state index contributed by atoms with van der Waals surface area (Å²) < 4.78 is 14.0. The number of nitrogens with zero attached hydrogens (tertiary/aromatic N) is 3. The summed E-state index contributed by atoms with van der Waals surface area (Å²) in [4.78, 5) is 4.55. The number of hydrogen-bond donors (Lipinski definition) is 0. The summed E-state index contributed by atoms with van der Waals surface area (Å²) in [5.41, 5.74) is 2.37. The molecule has 0 aliphatic carbocycles. The Morgan fingerprint density at radius 3 is 2.54 bits per heavy atom. The Hall–Kier alpha value is -2.09. The van der Waals surface area contributed by atoms with Gasteiger partial charge in [0.15, 0.2) is 0 Å². The van der Waals surface area contributed by atoms with Gasteiger partial charge in [-0.3, -0.25) is 4.90 Å². The lowest BCUT2D eigenvalue weighted by atomic mass is 10.2. The zero-order chi connectivity index (χ0) is 16.9. The van der Waals surface area contributed by atoms with E-state index in [0.29, 0.717) is 22.7 Å². The first-order valence-electron chi connectivity index (χ1n) is 8.08. The van der Waals surface area contributed by atoms with Crippen LogP contribution in [0.15, 0.2) is 42.5 Å². The van der Waals surface area contributed by atoms with Crippen molar-refractivity contribution in [2.45, 2.75) is 13.0 Å². The Balaban J connectivity index is 1.65. The summed E-state index contributed by atoms with van der Waals surface area (Å²) in [7, 11) is 0. The topological polar surface area (TPSA) is 30.3 Å². The van der Waals surface area contributed by atoms with Crippen LogP contribution in [0.4, 0.5) is 10.1 Å². The first-order chi connectivity index (χ1) is 11.7. The molecule has 2 aromatic rings. The molecular formula is C19H19ClFN3. The van der Waals surface area contributed by atoms with E-state index in [4.69, 9.17) is 16.9 Å². The van der Waals surface area contributed by atoms with E-state index in [-0.39, 0.29) is 5.82 Å². The van der Waals surface area contributed by atoms with Gasteiger partial charge in [-0.25, -0.2) is 4.39 Å². The van der Waals surface area contributed by atoms with Crippen molar-refractivity contribution in [3.8, 4) is 6.07 Å². The Kier molecular flexibility index (Phi) is 5.34. The average molecular weight is 344 g/mol. The van der Waals surface area contributed by atoms with Crippen molar-refractivity contribution in [1.29, 1.82) is 5.26 Å². The summed E-state index contributed by atoms with van der Waals surface area (Å²) in [6, 6.07) is 14.6. The third-order valence-corrected chi connectivity index (χ3v) is 4.75. The molecule has 2 aromatic carbocycles. The molecule has 0 bridgehead atoms. The molecule has 1 heterocycles. The zero-order valence-electron chi connectivity index (χ0n) is 13.4. The SMILES string of the molecule is N#Cc1ccc(N2CCCN(Cc3c(F)cccc3Cl)CC2)cc1. The van der Waals surface area contributed by atoms with Crippen molar-refractivity contribution >= 4 is 17.3 Å². The minimum atomic E-state index is -0.240. The highest BCUT2D eigenvalue weighted by Gasteiger charge is 2.17. The van der Waals surface area contributed by atoms with Gasteiger partial charge in [0.2, 0.25) is 0 Å². The third kappa shape index (κ3) is 3.87. The Bertz CT molecular complexity index is 719. The van der Waals surface area contributed by atoms with Gasteiger partial charge >= 0.3 is 0 Å². The maximum Gasteiger partial charge on any atom is 0.129 e. The van der Waals surface area contributed by atoms with E-state index in [1.54, 1.807) is 12.1 Å². The largest absolute Gasteiger partial charge is 0.370 e. The van der Waals surface area contributed by atoms with Crippen LogP contribution in [-0.2, 0) is 6.54 Å². The van der Waals surface area contributed by atoms with Gasteiger partial charge in [-0.1, -0.05) is 17.7 Å². The van der Waals surface area contributed by atoms with E-state index >= 15 is 0 Å². The van der Waals surface area contributed by atoms with E-state index in [1.807, 2.05) is 24.3 Å². The van der Waals surface area contributed by atoms with E-state index in [9.17, 15) is 4.39 Å². The minimum Gasteiger partial charge on any atom is -0.370 e. The van der Waals surface area contributed by atoms with Crippen molar-refractivity contribution in [2.24, 2.45) is 0 Å². The van der Waals surface area contributed by atoms with Crippen molar-refractivity contribution in [1.82, 2.24) is 4.90 Å². The van der Waals surface area contributed by atoms with Crippen molar-refractivity contribution in [3.63, 3.8) is 0 Å². The van der Waals surface area contributed by atoms with Gasteiger partial charge in [0, 0.05) is 49.0 Å². The van der Waals surface area contributed by atoms with Crippen LogP contribution in [0.5, 0.6) is 0 Å². The second kappa shape index (κ2) is 7.65. The molecule has 3 rings (SSSR count). The van der Waals surface area contributed by atoms with Crippen LogP contribution in [0.2, 0.25) is 5.02 Å². The summed E-state index contributed by atoms with van der Waals surface area (Å²) in [5.74, 6) is -0.240. The van der Waals surface area contributed by atoms with Gasteiger partial charge in [-0.2, -0.15) is 5.26 Å². The molecule has 0 N–H and O–H groups in total. The Morgan fingerprint density at radius 1 is 1.04 bits per heavy atom. The average Bonchev–Trinajstić information content (AvgIpc) is 2.84. The molecule has 0 atom stereocenters. The minimum absolute atomic E-state index is 0.240. The van der Waals surface area contributed by atoms with Gasteiger partial charge in [0.25, 0.3) is 0 Å². The van der Waals surface area contributed by atoms with Crippen LogP contribution in [-0.4, -0.2) is 31.1 Å². The molecule has 0 amide bonds. The molecular weight excluding hydrogens is 325 g/mol. The first kappa shape index (κ1) is 16.8. The molecule has 0 spiro atoms. The highest BCUT2D eigenvalue weighted by atomic mass is 35.5. The molecule has 0 saturated carbocycles. The van der Waals surface area contributed by atoms with Gasteiger partial charge in [0.05, 0.1) is 11.6 Å². The highest BCUT2D eigenvalue weighted by Crippen LogP contribution is 2.22. The van der Waals surface area contributed by atoms with Crippen LogP contribution in [0.25, 0.3) is 0 Å². The van der Waals surface area contributed by atoms with Crippen molar-refractivity contribution < 1.29 is 4.39 Å². The highest BCUT2D eigenvalue weighted by molar-refractivity contribution is 6.31. The zero-order valence-corrected chi connectivity index (χ0v) is 14.1. The number of anilines is 1. The first-order valence-corrected chi connectivity index (χ1v) is 8.45. The fraction of sp³-hybridized carbons (Fsp3) is 0.316. The predicted octanol–water partition coefficient (Wildman–Crippen LogP) is 4.06. The van der Waals surface area contributed by atoms with Crippen molar-refractivity contribution in [3.05, 3.63) is 64.4 Å². The lowest BCUT2D eigenvalue weighted by Gasteiger charge is -2.24. The van der Waals surface area contributed by atoms with Gasteiger partial charge in [-0.05, 0) is 42.8 Å². The van der Waals surface area contributed by atoms with E-state index in [2.05, 4.69) is 15.9 Å². The van der Waals surface area contributed by atoms with E-state index in [0.717, 1.165) is 38.3 Å². The molecule has 1 fully saturated rings. The van der Waals surface area contributed by atoms with Crippen LogP contribution < -0.4 is 4.90 Å². The Labute approximate surface area is 146 Å². The quantitative estimate of drug-likeness (QED) is 0.841. The summed E-state index contributed by atoms with van der Waals surface area (Å²) in [6.07, 6.45) is 1.01. The fourth-order valence-electron chi connectivity index (χ4n) is 3.04. The number of halogens is 2. The molecule has 1 aliphatic heterocycles. The van der Waals surface area contributed by atoms with Crippen LogP contribution in [0, 0.1) is 17.1 Å². The molecule has 5 heteroatoms. The summed E-state index contributed by atoms with van der Waals surface area (Å²) in [6.45, 7) is 4.13. The monoisotopic (exact) mass is 343 g/mol. The normalized spacial score (nSPS) is 15.8. The lowest BCUT2D eigenvalue weighted by molar-refractivity contribution is 0.281. The van der Waals surface area contributed by atoms with E-state index < -0.39 is 0 Å². The number of hydrogen-bond acceptors (Lipinski definition) is 3. The molecule has 1 aliphatic rings. The predicted molar refractivity (Wildman–Crippen MR) is 94.7 cm³/mol. The van der Waals surface area contributed by atoms with Gasteiger partial charge in [-0.15, -0.1) is 0 Å². The van der Waals surface area contributed by atoms with Crippen LogP contribution in [0.3, 0.4) is 0 Å². The summed E-state index contributed by atoms with van der Waals surface area (Å²) in [5, 5.41) is 9.38. The maximum absolute atomic E-state index is 14.0. The number of benzene rings is 2. The molecule has 0 radical (unpaired) electrons. The Morgan fingerprint density at radius 2 is 1.83 bits per heavy atom. The second-order valence-corrected chi connectivity index (χ2v) is 6.38. The second-order valence-electron chi connectivity index (χ2n) is 5.98. The molecule has 0 aromatic heterocycles. The lowest BCUT2D eigenvalue weighted by Crippen LogP contribution is -2.30. The van der Waals surface area contributed by atoms with Crippen LogP contribution >= 0.6 is 11.6 Å². The number of nitriles is 1. The molecule has 1 saturated heterocycles. The molecule has 3 nitrogen and oxygen atoms in total. The number of rotatable bonds is 3. The maximum atomic E-state index is 14.0. The molecule has 24 heavy (non-hydrogen) atoms. The van der Waals surface area contributed by atoms with Gasteiger partial charge < -0.3 is 4.90 Å². The molecule has 124 valence electrons. The summed E-state index contributed by atoms with van der Waals surface area (Å²) >= 11 is 6.14. The fourth-order valence-corrected chi connectivity index (χ4v) is 3.26. The standard InChI is InChI=1S/C19H19ClFN3/c20-18-3-1-4-19(21)17(18)14-23-9-2-10-24(12-11-23)16-7-5-15(13-22)6-8-16/h1,3-8H,2,9-12,14H2. The molecule has 0 unspecified atom stereocenters. The van der Waals surface area contributed by atoms with Gasteiger partial charge in [0.1, 0.15) is 5.82 Å².